The molecule has 5 rings (SSSR count). The Morgan fingerprint density at radius 1 is 0.417 bits per heavy atom. The summed E-state index contributed by atoms with van der Waals surface area (Å²) in [6, 6.07) is 0. The van der Waals surface area contributed by atoms with E-state index >= 15 is 4.39 Å². The highest BCUT2D eigenvalue weighted by Crippen LogP contribution is 2.40. The van der Waals surface area contributed by atoms with Gasteiger partial charge in [-0.1, -0.05) is 0 Å². The van der Waals surface area contributed by atoms with Crippen molar-refractivity contribution >= 4 is 45.1 Å². The summed E-state index contributed by atoms with van der Waals surface area (Å²) in [7, 11) is 0. The van der Waals surface area contributed by atoms with Crippen molar-refractivity contribution in [1.29, 1.82) is 0 Å². The van der Waals surface area contributed by atoms with Crippen LogP contribution < -0.4 is 0 Å². The topological polar surface area (TPSA) is 57.4 Å². The Labute approximate surface area is 199 Å². The number of hydrogen-bond acceptors (Lipinski definition) is 2. The molecule has 0 fully saturated rings. The highest BCUT2D eigenvalue weighted by Gasteiger charge is 2.29. The molecule has 2 N–H and O–H groups in total. The van der Waals surface area contributed by atoms with Gasteiger partial charge in [0.05, 0.1) is 27.8 Å². The van der Waals surface area contributed by atoms with Gasteiger partial charge in [0, 0.05) is 27.8 Å². The number of aromatic nitrogens is 4. The number of fused-ring (bicyclic) bond motifs is 8. The second-order valence-corrected chi connectivity index (χ2v) is 8.69. The largest absolute Gasteiger partial charge is 0.350 e. The van der Waals surface area contributed by atoms with Gasteiger partial charge in [-0.2, -0.15) is 0 Å². The summed E-state index contributed by atoms with van der Waals surface area (Å²) in [6.45, 7) is 6.35. The number of aryl methyl sites for hydroxylation is 3. The zero-order valence-corrected chi connectivity index (χ0v) is 19.5. The molecule has 36 heavy (non-hydrogen) atoms. The molecular formula is C25H17F7N4. The van der Waals surface area contributed by atoms with E-state index in [4.69, 9.17) is 0 Å². The van der Waals surface area contributed by atoms with Gasteiger partial charge in [-0.15, -0.1) is 0 Å². The Kier molecular flexibility index (Phi) is 5.17. The van der Waals surface area contributed by atoms with Crippen LogP contribution in [-0.4, -0.2) is 19.9 Å². The number of halogens is 7. The van der Waals surface area contributed by atoms with Gasteiger partial charge in [-0.3, -0.25) is 0 Å². The van der Waals surface area contributed by atoms with Crippen LogP contribution in [0.5, 0.6) is 0 Å². The van der Waals surface area contributed by atoms with Crippen LogP contribution >= 0.6 is 0 Å². The molecule has 0 unspecified atom stereocenters. The monoisotopic (exact) mass is 506 g/mol. The highest BCUT2D eigenvalue weighted by molar-refractivity contribution is 5.93. The van der Waals surface area contributed by atoms with E-state index in [0.717, 1.165) is 0 Å². The summed E-state index contributed by atoms with van der Waals surface area (Å²) >= 11 is 0. The van der Waals surface area contributed by atoms with E-state index in [1.165, 1.54) is 34.6 Å². The molecule has 0 atom stereocenters. The predicted octanol–water partition coefficient (Wildman–Crippen LogP) is 7.73. The summed E-state index contributed by atoms with van der Waals surface area (Å²) in [5.74, 6) is -9.33. The molecule has 0 aromatic carbocycles. The zero-order chi connectivity index (χ0) is 26.4. The lowest BCUT2D eigenvalue weighted by Gasteiger charge is -1.99. The number of rotatable bonds is 0. The number of hydrogen-bond donors (Lipinski definition) is 2. The molecule has 0 spiro atoms. The molecule has 3 aromatic rings. The molecule has 0 amide bonds. The van der Waals surface area contributed by atoms with Gasteiger partial charge in [0.1, 0.15) is 17.1 Å². The van der Waals surface area contributed by atoms with Crippen LogP contribution in [0, 0.1) is 51.0 Å². The Morgan fingerprint density at radius 3 is 1.19 bits per heavy atom. The second kappa shape index (κ2) is 7.81. The normalized spacial score (nSPS) is 13.9. The minimum absolute atomic E-state index is 0.0465. The third-order valence-electron chi connectivity index (χ3n) is 6.63. The molecule has 2 aliphatic rings. The average Bonchev–Trinajstić information content (AvgIpc) is 3.52. The maximum atomic E-state index is 15.2. The number of aromatic amines is 2. The molecule has 4 nitrogen and oxygen atoms in total. The van der Waals surface area contributed by atoms with E-state index in [1.54, 1.807) is 0 Å². The van der Waals surface area contributed by atoms with E-state index in [9.17, 15) is 26.3 Å². The first kappa shape index (κ1) is 23.8. The molecule has 0 saturated heterocycles. The van der Waals surface area contributed by atoms with E-state index < -0.39 is 74.2 Å². The van der Waals surface area contributed by atoms with Crippen LogP contribution in [0.3, 0.4) is 0 Å². The maximum absolute atomic E-state index is 15.2. The third kappa shape index (κ3) is 3.01. The first-order valence-electron chi connectivity index (χ1n) is 10.7. The maximum Gasteiger partial charge on any atom is 0.187 e. The molecule has 0 radical (unpaired) electrons. The fraction of sp³-hybridized carbons (Fsp3) is 0.200. The van der Waals surface area contributed by atoms with Gasteiger partial charge in [0.2, 0.25) is 0 Å². The lowest BCUT2D eigenvalue weighted by Crippen LogP contribution is -1.91. The van der Waals surface area contributed by atoms with Crippen LogP contribution in [0.25, 0.3) is 45.1 Å². The van der Waals surface area contributed by atoms with Gasteiger partial charge < -0.3 is 9.97 Å². The quantitative estimate of drug-likeness (QED) is 0.307. The first-order valence-corrected chi connectivity index (χ1v) is 10.7. The van der Waals surface area contributed by atoms with Crippen LogP contribution in [0.15, 0.2) is 0 Å². The van der Waals surface area contributed by atoms with Crippen molar-refractivity contribution in [3.63, 3.8) is 0 Å². The fourth-order valence-corrected chi connectivity index (χ4v) is 4.47. The molecule has 0 aliphatic carbocycles. The van der Waals surface area contributed by atoms with Gasteiger partial charge in [-0.25, -0.2) is 40.7 Å². The summed E-state index contributed by atoms with van der Waals surface area (Å²) in [5, 5.41) is 0. The van der Waals surface area contributed by atoms with Gasteiger partial charge in [0.15, 0.2) is 40.7 Å². The van der Waals surface area contributed by atoms with E-state index in [1.807, 2.05) is 0 Å². The molecule has 2 aliphatic heterocycles. The summed E-state index contributed by atoms with van der Waals surface area (Å²) in [4.78, 5) is 13.0. The Balaban J connectivity index is 2.14. The fourth-order valence-electron chi connectivity index (χ4n) is 4.47. The molecule has 11 heteroatoms. The molecule has 8 bridgehead atoms. The number of nitrogens with one attached hydrogen (secondary N) is 2. The van der Waals surface area contributed by atoms with Crippen molar-refractivity contribution in [3.05, 3.63) is 68.3 Å². The second-order valence-electron chi connectivity index (χ2n) is 8.69. The van der Waals surface area contributed by atoms with Gasteiger partial charge >= 0.3 is 0 Å². The lowest BCUT2D eigenvalue weighted by atomic mass is 10.1. The zero-order valence-electron chi connectivity index (χ0n) is 19.5. The van der Waals surface area contributed by atoms with E-state index in [-0.39, 0.29) is 39.2 Å². The average molecular weight is 506 g/mol. The lowest BCUT2D eigenvalue weighted by molar-refractivity contribution is 0.526. The van der Waals surface area contributed by atoms with E-state index in [2.05, 4.69) is 19.9 Å². The SMILES string of the molecule is CC1=C(F)c2nc1c(C)c1nc(c(C)c3[nH]c(c(F)c3F)c(C)c3[nH]c(c2C)c(F)c3F)C(F)=C1F. The molecule has 186 valence electrons. The number of nitrogens with zero attached hydrogens (tertiary/aromatic N) is 2. The van der Waals surface area contributed by atoms with Crippen LogP contribution in [0.2, 0.25) is 0 Å². The predicted molar refractivity (Wildman–Crippen MR) is 122 cm³/mol. The summed E-state index contributed by atoms with van der Waals surface area (Å²) in [5.41, 5.74) is -4.40. The van der Waals surface area contributed by atoms with Crippen LogP contribution in [0.4, 0.5) is 30.7 Å². The molecule has 0 saturated carbocycles. The van der Waals surface area contributed by atoms with Crippen molar-refractivity contribution in [3.8, 4) is 0 Å². The van der Waals surface area contributed by atoms with Crippen molar-refractivity contribution in [1.82, 2.24) is 19.9 Å². The van der Waals surface area contributed by atoms with Crippen molar-refractivity contribution in [2.45, 2.75) is 34.6 Å². The van der Waals surface area contributed by atoms with E-state index in [0.29, 0.717) is 0 Å². The molecule has 3 aromatic heterocycles. The van der Waals surface area contributed by atoms with Crippen molar-refractivity contribution < 1.29 is 30.7 Å². The molecule has 5 heterocycles. The summed E-state index contributed by atoms with van der Waals surface area (Å²) in [6.07, 6.45) is 0. The highest BCUT2D eigenvalue weighted by atomic mass is 19.2. The minimum Gasteiger partial charge on any atom is -0.350 e. The minimum atomic E-state index is -1.44. The Hall–Kier alpha value is -3.89. The Bertz CT molecular complexity index is 1630. The molecular weight excluding hydrogens is 489 g/mol. The third-order valence-corrected chi connectivity index (χ3v) is 6.63. The first-order chi connectivity index (χ1) is 16.9. The Morgan fingerprint density at radius 2 is 0.750 bits per heavy atom. The van der Waals surface area contributed by atoms with Crippen molar-refractivity contribution in [2.24, 2.45) is 0 Å². The van der Waals surface area contributed by atoms with Gasteiger partial charge in [-0.05, 0) is 34.6 Å². The van der Waals surface area contributed by atoms with Crippen LogP contribution in [-0.2, 0) is 0 Å². The van der Waals surface area contributed by atoms with Gasteiger partial charge in [0.25, 0.3) is 0 Å². The standard InChI is InChI=1S/C25H17F7N4/c1-6-11(26)19-8(3)21-14(29)15(30)23(35-21)10(5)25-17(32)16(31)24(36-25)9(4)22-13(28)12(27)20(34-22)7(2)18(6)33-19/h35-36H,1-5H3. The number of H-pyrrole nitrogens is 2. The number of allylic oxidation sites excluding steroid dienone is 1. The smallest absolute Gasteiger partial charge is 0.187 e. The van der Waals surface area contributed by atoms with Crippen LogP contribution in [0.1, 0.15) is 52.0 Å². The summed E-state index contributed by atoms with van der Waals surface area (Å²) < 4.78 is 105. The van der Waals surface area contributed by atoms with Crippen molar-refractivity contribution in [2.75, 3.05) is 0 Å².